The first-order chi connectivity index (χ1) is 11.4. The van der Waals surface area contributed by atoms with Crippen LogP contribution in [0.3, 0.4) is 0 Å². The summed E-state index contributed by atoms with van der Waals surface area (Å²) in [5.74, 6) is -0.275. The molecule has 1 heterocycles. The zero-order valence-electron chi connectivity index (χ0n) is 13.9. The predicted molar refractivity (Wildman–Crippen MR) is 102 cm³/mol. The summed E-state index contributed by atoms with van der Waals surface area (Å²) in [5, 5.41) is 0.249. The molecular weight excluding hydrogens is 388 g/mol. The minimum atomic E-state index is -0.634. The van der Waals surface area contributed by atoms with Gasteiger partial charge in [0, 0.05) is 31.2 Å². The van der Waals surface area contributed by atoms with Crippen molar-refractivity contribution in [3.63, 3.8) is 0 Å². The third kappa shape index (κ3) is 5.74. The lowest BCUT2D eigenvalue weighted by Crippen LogP contribution is -2.54. The van der Waals surface area contributed by atoms with Gasteiger partial charge in [-0.25, -0.2) is 4.39 Å². The topological polar surface area (TPSA) is 66.6 Å². The quantitative estimate of drug-likeness (QED) is 0.809. The number of thioether (sulfide) groups is 1. The Bertz CT molecular complexity index is 613. The Morgan fingerprint density at radius 2 is 1.88 bits per heavy atom. The summed E-state index contributed by atoms with van der Waals surface area (Å²) >= 11 is 7.35. The number of halogens is 3. The Morgan fingerprint density at radius 1 is 1.28 bits per heavy atom. The van der Waals surface area contributed by atoms with Crippen LogP contribution in [0.1, 0.15) is 16.8 Å². The van der Waals surface area contributed by atoms with Crippen molar-refractivity contribution < 1.29 is 14.0 Å². The molecule has 2 amide bonds. The van der Waals surface area contributed by atoms with E-state index in [1.807, 2.05) is 6.26 Å². The van der Waals surface area contributed by atoms with E-state index >= 15 is 0 Å². The fraction of sp³-hybridized carbons (Fsp3) is 0.500. The maximum atomic E-state index is 13.9. The monoisotopic (exact) mass is 409 g/mol. The van der Waals surface area contributed by atoms with E-state index in [0.717, 1.165) is 11.8 Å². The maximum absolute atomic E-state index is 13.9. The van der Waals surface area contributed by atoms with E-state index in [1.54, 1.807) is 21.6 Å². The van der Waals surface area contributed by atoms with E-state index in [2.05, 4.69) is 0 Å². The van der Waals surface area contributed by atoms with E-state index in [4.69, 9.17) is 17.3 Å². The van der Waals surface area contributed by atoms with Crippen molar-refractivity contribution in [3.05, 3.63) is 34.6 Å². The number of nitrogens with two attached hydrogens (primary N) is 1. The number of benzene rings is 1. The van der Waals surface area contributed by atoms with Gasteiger partial charge >= 0.3 is 0 Å². The lowest BCUT2D eigenvalue weighted by atomic mass is 10.1. The molecule has 0 aliphatic carbocycles. The number of hydrogen-bond donors (Lipinski definition) is 1. The zero-order chi connectivity index (χ0) is 17.7. The smallest absolute Gasteiger partial charge is 0.256 e. The number of nitrogens with zero attached hydrogens (tertiary/aromatic N) is 2. The van der Waals surface area contributed by atoms with Gasteiger partial charge in [-0.15, -0.1) is 12.4 Å². The number of piperazine rings is 1. The van der Waals surface area contributed by atoms with Crippen LogP contribution in [0.15, 0.2) is 18.2 Å². The molecule has 1 aromatic carbocycles. The van der Waals surface area contributed by atoms with Crippen LogP contribution in [0, 0.1) is 5.82 Å². The summed E-state index contributed by atoms with van der Waals surface area (Å²) in [5.41, 5.74) is 5.90. The summed E-state index contributed by atoms with van der Waals surface area (Å²) in [4.78, 5) is 27.9. The summed E-state index contributed by atoms with van der Waals surface area (Å²) < 4.78 is 13.9. The summed E-state index contributed by atoms with van der Waals surface area (Å²) in [6.07, 6.45) is 2.60. The molecule has 0 spiro atoms. The average Bonchev–Trinajstić information content (AvgIpc) is 2.58. The van der Waals surface area contributed by atoms with Crippen LogP contribution in [-0.4, -0.2) is 65.8 Å². The van der Waals surface area contributed by atoms with Gasteiger partial charge in [0.2, 0.25) is 5.91 Å². The highest BCUT2D eigenvalue weighted by atomic mass is 35.5. The molecule has 2 N–H and O–H groups in total. The number of carbonyl (C=O) groups is 2. The first-order valence-corrected chi connectivity index (χ1v) is 9.49. The van der Waals surface area contributed by atoms with Crippen molar-refractivity contribution in [3.8, 4) is 0 Å². The fourth-order valence-corrected chi connectivity index (χ4v) is 3.21. The molecule has 25 heavy (non-hydrogen) atoms. The Kier molecular flexibility index (Phi) is 8.99. The fourth-order valence-electron chi connectivity index (χ4n) is 2.57. The standard InChI is InChI=1S/C16H21ClFN3O2S.ClH/c1-24-9-4-14(19)16(23)21-7-5-20(6-8-21)15(22)12-3-2-11(17)10-13(12)18;/h2-3,10,14H,4-9,19H2,1H3;1H/t14-;/m0./s1. The van der Waals surface area contributed by atoms with E-state index in [-0.39, 0.29) is 34.8 Å². The minimum Gasteiger partial charge on any atom is -0.338 e. The van der Waals surface area contributed by atoms with Gasteiger partial charge in [-0.2, -0.15) is 11.8 Å². The highest BCUT2D eigenvalue weighted by Crippen LogP contribution is 2.17. The molecule has 1 fully saturated rings. The highest BCUT2D eigenvalue weighted by Gasteiger charge is 2.28. The van der Waals surface area contributed by atoms with E-state index in [0.29, 0.717) is 32.6 Å². The molecule has 1 aliphatic heterocycles. The van der Waals surface area contributed by atoms with Crippen molar-refractivity contribution in [2.45, 2.75) is 12.5 Å². The van der Waals surface area contributed by atoms with Crippen molar-refractivity contribution in [2.75, 3.05) is 38.2 Å². The second-order valence-electron chi connectivity index (χ2n) is 5.63. The molecule has 140 valence electrons. The van der Waals surface area contributed by atoms with E-state index < -0.39 is 11.9 Å². The molecule has 1 aliphatic rings. The second-order valence-corrected chi connectivity index (χ2v) is 7.05. The van der Waals surface area contributed by atoms with Crippen LogP contribution in [0.5, 0.6) is 0 Å². The van der Waals surface area contributed by atoms with Gasteiger partial charge in [0.1, 0.15) is 5.82 Å². The number of hydrogen-bond acceptors (Lipinski definition) is 4. The number of carbonyl (C=O) groups excluding carboxylic acids is 2. The minimum absolute atomic E-state index is 0. The highest BCUT2D eigenvalue weighted by molar-refractivity contribution is 7.98. The third-order valence-electron chi connectivity index (χ3n) is 3.99. The maximum Gasteiger partial charge on any atom is 0.256 e. The Balaban J connectivity index is 0.00000312. The normalized spacial score (nSPS) is 15.5. The third-order valence-corrected chi connectivity index (χ3v) is 4.87. The molecule has 0 radical (unpaired) electrons. The van der Waals surface area contributed by atoms with Gasteiger partial charge < -0.3 is 15.5 Å². The molecule has 0 aromatic heterocycles. The van der Waals surface area contributed by atoms with Gasteiger partial charge in [-0.1, -0.05) is 11.6 Å². The molecule has 1 saturated heterocycles. The van der Waals surface area contributed by atoms with Gasteiger partial charge in [-0.3, -0.25) is 9.59 Å². The Hall–Kier alpha value is -1.02. The van der Waals surface area contributed by atoms with Crippen LogP contribution >= 0.6 is 35.8 Å². The SMILES string of the molecule is CSCC[C@H](N)C(=O)N1CCN(C(=O)c2ccc(Cl)cc2F)CC1.Cl. The number of rotatable bonds is 5. The summed E-state index contributed by atoms with van der Waals surface area (Å²) in [6, 6.07) is 3.49. The first kappa shape index (κ1) is 22.0. The van der Waals surface area contributed by atoms with Gasteiger partial charge in [0.05, 0.1) is 11.6 Å². The van der Waals surface area contributed by atoms with Crippen LogP contribution < -0.4 is 5.73 Å². The first-order valence-electron chi connectivity index (χ1n) is 7.71. The Labute approximate surface area is 162 Å². The van der Waals surface area contributed by atoms with Gasteiger partial charge in [0.15, 0.2) is 0 Å². The zero-order valence-corrected chi connectivity index (χ0v) is 16.3. The molecule has 1 aromatic rings. The molecular formula is C16H22Cl2FN3O2S. The van der Waals surface area contributed by atoms with Crippen molar-refractivity contribution in [1.29, 1.82) is 0 Å². The van der Waals surface area contributed by atoms with Gasteiger partial charge in [-0.05, 0) is 36.6 Å². The van der Waals surface area contributed by atoms with Gasteiger partial charge in [0.25, 0.3) is 5.91 Å². The van der Waals surface area contributed by atoms with E-state index in [1.165, 1.54) is 12.1 Å². The largest absolute Gasteiger partial charge is 0.338 e. The van der Waals surface area contributed by atoms with Crippen LogP contribution in [0.2, 0.25) is 5.02 Å². The van der Waals surface area contributed by atoms with Crippen LogP contribution in [0.4, 0.5) is 4.39 Å². The summed E-state index contributed by atoms with van der Waals surface area (Å²) in [6.45, 7) is 1.54. The molecule has 0 saturated carbocycles. The summed E-state index contributed by atoms with van der Waals surface area (Å²) in [7, 11) is 0. The van der Waals surface area contributed by atoms with Crippen molar-refractivity contribution in [2.24, 2.45) is 5.73 Å². The molecule has 5 nitrogen and oxygen atoms in total. The van der Waals surface area contributed by atoms with Crippen molar-refractivity contribution in [1.82, 2.24) is 9.80 Å². The number of amides is 2. The van der Waals surface area contributed by atoms with Crippen LogP contribution in [0.25, 0.3) is 0 Å². The lowest BCUT2D eigenvalue weighted by molar-refractivity contribution is -0.134. The average molecular weight is 410 g/mol. The molecule has 2 rings (SSSR count). The second kappa shape index (κ2) is 10.2. The molecule has 0 unspecified atom stereocenters. The Morgan fingerprint density at radius 3 is 2.44 bits per heavy atom. The molecule has 1 atom stereocenters. The molecule has 0 bridgehead atoms. The van der Waals surface area contributed by atoms with Crippen LogP contribution in [-0.2, 0) is 4.79 Å². The lowest BCUT2D eigenvalue weighted by Gasteiger charge is -2.36. The van der Waals surface area contributed by atoms with Crippen molar-refractivity contribution >= 4 is 47.6 Å². The predicted octanol–water partition coefficient (Wildman–Crippen LogP) is 2.27. The molecule has 9 heteroatoms. The van der Waals surface area contributed by atoms with E-state index in [9.17, 15) is 14.0 Å².